The van der Waals surface area contributed by atoms with Crippen molar-refractivity contribution in [3.8, 4) is 11.5 Å². The van der Waals surface area contributed by atoms with E-state index in [1.54, 1.807) is 0 Å². The second kappa shape index (κ2) is 6.09. The second-order valence-corrected chi connectivity index (χ2v) is 5.54. The van der Waals surface area contributed by atoms with Gasteiger partial charge in [-0.2, -0.15) is 0 Å². The highest BCUT2D eigenvalue weighted by Crippen LogP contribution is 2.23. The number of amides is 1. The normalized spacial score (nSPS) is 14.7. The minimum absolute atomic E-state index is 0.145. The van der Waals surface area contributed by atoms with Crippen LogP contribution in [-0.2, 0) is 4.79 Å². The van der Waals surface area contributed by atoms with E-state index in [1.165, 1.54) is 11.8 Å². The van der Waals surface area contributed by atoms with Gasteiger partial charge in [0, 0.05) is 18.7 Å². The molecule has 6 heteroatoms. The highest BCUT2D eigenvalue weighted by Gasteiger charge is 2.19. The minimum atomic E-state index is 0.145. The maximum Gasteiger partial charge on any atom is 0.277 e. The molecule has 20 heavy (non-hydrogen) atoms. The first-order valence-corrected chi connectivity index (χ1v) is 7.61. The fourth-order valence-electron chi connectivity index (χ4n) is 2.15. The summed E-state index contributed by atoms with van der Waals surface area (Å²) >= 11 is 1.30. The van der Waals surface area contributed by atoms with Gasteiger partial charge in [-0.15, -0.1) is 10.2 Å². The summed E-state index contributed by atoms with van der Waals surface area (Å²) in [6.07, 6.45) is 2.21. The van der Waals surface area contributed by atoms with Gasteiger partial charge >= 0.3 is 0 Å². The van der Waals surface area contributed by atoms with Crippen molar-refractivity contribution in [2.45, 2.75) is 18.1 Å². The van der Waals surface area contributed by atoms with Crippen LogP contribution in [0, 0.1) is 0 Å². The molecule has 1 aromatic carbocycles. The number of hydrogen-bond donors (Lipinski definition) is 0. The van der Waals surface area contributed by atoms with E-state index in [4.69, 9.17) is 4.42 Å². The van der Waals surface area contributed by atoms with Gasteiger partial charge in [-0.05, 0) is 25.0 Å². The molecule has 2 heterocycles. The van der Waals surface area contributed by atoms with Crippen LogP contribution in [0.3, 0.4) is 0 Å². The topological polar surface area (TPSA) is 59.2 Å². The third-order valence-electron chi connectivity index (χ3n) is 3.21. The van der Waals surface area contributed by atoms with Gasteiger partial charge in [-0.1, -0.05) is 30.0 Å². The molecule has 1 fully saturated rings. The lowest BCUT2D eigenvalue weighted by molar-refractivity contribution is -0.127. The van der Waals surface area contributed by atoms with Gasteiger partial charge in [0.25, 0.3) is 5.22 Å². The Morgan fingerprint density at radius 2 is 1.95 bits per heavy atom. The molecule has 0 atom stereocenters. The lowest BCUT2D eigenvalue weighted by Crippen LogP contribution is -2.29. The van der Waals surface area contributed by atoms with E-state index in [0.717, 1.165) is 31.5 Å². The lowest BCUT2D eigenvalue weighted by atomic mass is 10.2. The van der Waals surface area contributed by atoms with Crippen LogP contribution in [-0.4, -0.2) is 39.8 Å². The fraction of sp³-hybridized carbons (Fsp3) is 0.357. The molecule has 0 spiro atoms. The van der Waals surface area contributed by atoms with Crippen LogP contribution >= 0.6 is 11.8 Å². The van der Waals surface area contributed by atoms with Crippen molar-refractivity contribution >= 4 is 17.7 Å². The number of nitrogens with zero attached hydrogens (tertiary/aromatic N) is 3. The van der Waals surface area contributed by atoms with Crippen molar-refractivity contribution in [1.82, 2.24) is 15.1 Å². The summed E-state index contributed by atoms with van der Waals surface area (Å²) in [5.74, 6) is 0.991. The molecular weight excluding hydrogens is 274 g/mol. The number of likely N-dealkylation sites (tertiary alicyclic amines) is 1. The number of aromatic nitrogens is 2. The van der Waals surface area contributed by atoms with Crippen molar-refractivity contribution in [3.63, 3.8) is 0 Å². The molecule has 0 N–H and O–H groups in total. The van der Waals surface area contributed by atoms with E-state index in [1.807, 2.05) is 35.2 Å². The van der Waals surface area contributed by atoms with Crippen LogP contribution < -0.4 is 0 Å². The summed E-state index contributed by atoms with van der Waals surface area (Å²) in [6, 6.07) is 9.60. The molecule has 1 aliphatic rings. The lowest BCUT2D eigenvalue weighted by Gasteiger charge is -2.13. The van der Waals surface area contributed by atoms with Crippen molar-refractivity contribution in [2.75, 3.05) is 18.8 Å². The molecule has 0 aliphatic carbocycles. The number of carbonyl (C=O) groups excluding carboxylic acids is 1. The Hall–Kier alpha value is -1.82. The summed E-state index contributed by atoms with van der Waals surface area (Å²) in [5, 5.41) is 8.41. The molecule has 3 rings (SSSR count). The molecule has 0 radical (unpaired) electrons. The predicted molar refractivity (Wildman–Crippen MR) is 76.3 cm³/mol. The average molecular weight is 289 g/mol. The third-order valence-corrected chi connectivity index (χ3v) is 4.01. The molecule has 2 aromatic rings. The van der Waals surface area contributed by atoms with Crippen molar-refractivity contribution in [1.29, 1.82) is 0 Å². The largest absolute Gasteiger partial charge is 0.411 e. The number of hydrogen-bond acceptors (Lipinski definition) is 5. The number of carbonyl (C=O) groups is 1. The third kappa shape index (κ3) is 3.01. The maximum atomic E-state index is 11.9. The summed E-state index contributed by atoms with van der Waals surface area (Å²) < 4.78 is 5.55. The summed E-state index contributed by atoms with van der Waals surface area (Å²) in [7, 11) is 0. The standard InChI is InChI=1S/C14H15N3O2S/c18-12(17-8-4-5-9-17)10-20-14-16-15-13(19-14)11-6-2-1-3-7-11/h1-3,6-7H,4-5,8-10H2. The Balaban J connectivity index is 1.59. The van der Waals surface area contributed by atoms with E-state index in [0.29, 0.717) is 16.9 Å². The SMILES string of the molecule is O=C(CSc1nnc(-c2ccccc2)o1)N1CCCC1. The monoisotopic (exact) mass is 289 g/mol. The molecule has 0 saturated carbocycles. The fourth-order valence-corrected chi connectivity index (χ4v) is 2.81. The zero-order valence-corrected chi connectivity index (χ0v) is 11.8. The number of rotatable bonds is 4. The summed E-state index contributed by atoms with van der Waals surface area (Å²) in [6.45, 7) is 1.75. The van der Waals surface area contributed by atoms with Gasteiger partial charge in [0.15, 0.2) is 0 Å². The highest BCUT2D eigenvalue weighted by atomic mass is 32.2. The van der Waals surface area contributed by atoms with Gasteiger partial charge in [0.1, 0.15) is 0 Å². The van der Waals surface area contributed by atoms with E-state index in [-0.39, 0.29) is 5.91 Å². The zero-order valence-electron chi connectivity index (χ0n) is 11.0. The minimum Gasteiger partial charge on any atom is -0.411 e. The molecule has 0 unspecified atom stereocenters. The van der Waals surface area contributed by atoms with Crippen LogP contribution in [0.25, 0.3) is 11.5 Å². The Kier molecular flexibility index (Phi) is 4.01. The molecule has 104 valence electrons. The quantitative estimate of drug-likeness (QED) is 0.809. The van der Waals surface area contributed by atoms with Gasteiger partial charge in [-0.3, -0.25) is 4.79 Å². The van der Waals surface area contributed by atoms with Crippen molar-refractivity contribution in [3.05, 3.63) is 30.3 Å². The smallest absolute Gasteiger partial charge is 0.277 e. The molecule has 1 aliphatic heterocycles. The molecule has 1 aromatic heterocycles. The van der Waals surface area contributed by atoms with Crippen molar-refractivity contribution < 1.29 is 9.21 Å². The van der Waals surface area contributed by atoms with Crippen molar-refractivity contribution in [2.24, 2.45) is 0 Å². The van der Waals surface area contributed by atoms with Crippen LogP contribution in [0.15, 0.2) is 40.0 Å². The van der Waals surface area contributed by atoms with Gasteiger partial charge < -0.3 is 9.32 Å². The Morgan fingerprint density at radius 3 is 2.70 bits per heavy atom. The van der Waals surface area contributed by atoms with Gasteiger partial charge in [0.2, 0.25) is 11.8 Å². The zero-order chi connectivity index (χ0) is 13.8. The Bertz CT molecular complexity index is 579. The molecule has 5 nitrogen and oxygen atoms in total. The van der Waals surface area contributed by atoms with Crippen LogP contribution in [0.2, 0.25) is 0 Å². The summed E-state index contributed by atoms with van der Waals surface area (Å²) in [5.41, 5.74) is 0.887. The number of thioether (sulfide) groups is 1. The maximum absolute atomic E-state index is 11.9. The van der Waals surface area contributed by atoms with Crippen LogP contribution in [0.4, 0.5) is 0 Å². The Morgan fingerprint density at radius 1 is 1.20 bits per heavy atom. The van der Waals surface area contributed by atoms with Gasteiger partial charge in [-0.25, -0.2) is 0 Å². The molecular formula is C14H15N3O2S. The van der Waals surface area contributed by atoms with E-state index in [2.05, 4.69) is 10.2 Å². The first-order valence-electron chi connectivity index (χ1n) is 6.62. The molecule has 1 amide bonds. The van der Waals surface area contributed by atoms with Crippen LogP contribution in [0.5, 0.6) is 0 Å². The first-order chi connectivity index (χ1) is 9.83. The van der Waals surface area contributed by atoms with Crippen LogP contribution in [0.1, 0.15) is 12.8 Å². The Labute approximate surface area is 121 Å². The second-order valence-electron chi connectivity index (χ2n) is 4.62. The van der Waals surface area contributed by atoms with E-state index >= 15 is 0 Å². The molecule has 1 saturated heterocycles. The van der Waals surface area contributed by atoms with E-state index < -0.39 is 0 Å². The van der Waals surface area contributed by atoms with Gasteiger partial charge in [0.05, 0.1) is 5.75 Å². The molecule has 0 bridgehead atoms. The summed E-state index contributed by atoms with van der Waals surface area (Å²) in [4.78, 5) is 13.8. The highest BCUT2D eigenvalue weighted by molar-refractivity contribution is 7.99. The predicted octanol–water partition coefficient (Wildman–Crippen LogP) is 2.45. The average Bonchev–Trinajstić information content (AvgIpc) is 3.17. The first kappa shape index (κ1) is 13.2. The van der Waals surface area contributed by atoms with E-state index in [9.17, 15) is 4.79 Å². The number of benzene rings is 1.